The number of aromatic hydroxyl groups is 1. The number of hydrogen-bond donors (Lipinski definition) is 3. The number of Topliss-reactive ketones (excluding diaryl/α,β-unsaturated/α-hetero) is 1. The van der Waals surface area contributed by atoms with E-state index in [-0.39, 0.29) is 17.2 Å². The van der Waals surface area contributed by atoms with E-state index in [9.17, 15) is 25.0 Å². The Labute approximate surface area is 151 Å². The van der Waals surface area contributed by atoms with E-state index in [4.69, 9.17) is 4.74 Å². The van der Waals surface area contributed by atoms with Gasteiger partial charge in [0.15, 0.2) is 0 Å². The first-order chi connectivity index (χ1) is 12.2. The van der Waals surface area contributed by atoms with Gasteiger partial charge in [0.25, 0.3) is 0 Å². The summed E-state index contributed by atoms with van der Waals surface area (Å²) in [5.41, 5.74) is -0.652. The quantitative estimate of drug-likeness (QED) is 0.394. The van der Waals surface area contributed by atoms with E-state index in [1.54, 1.807) is 24.3 Å². The zero-order valence-electron chi connectivity index (χ0n) is 14.5. The first-order valence-corrected chi connectivity index (χ1v) is 7.90. The smallest absolute Gasteiger partial charge is 0.313 e. The van der Waals surface area contributed by atoms with Crippen molar-refractivity contribution < 1.29 is 29.7 Å². The number of methoxy groups -OCH3 is 1. The van der Waals surface area contributed by atoms with Gasteiger partial charge in [-0.05, 0) is 35.4 Å². The number of phenols is 1. The molecule has 0 radical (unpaired) electrons. The summed E-state index contributed by atoms with van der Waals surface area (Å²) < 4.78 is 5.17. The number of benzene rings is 2. The Morgan fingerprint density at radius 2 is 1.81 bits per heavy atom. The lowest BCUT2D eigenvalue weighted by molar-refractivity contribution is -0.167. The van der Waals surface area contributed by atoms with Crippen molar-refractivity contribution in [3.8, 4) is 11.5 Å². The summed E-state index contributed by atoms with van der Waals surface area (Å²) in [6.07, 6.45) is -0.498. The zero-order chi connectivity index (χ0) is 19.3. The Bertz CT molecular complexity index is 787. The first kappa shape index (κ1) is 19.4. The maximum absolute atomic E-state index is 12.2. The van der Waals surface area contributed by atoms with E-state index < -0.39 is 23.7 Å². The molecule has 0 aliphatic rings. The van der Waals surface area contributed by atoms with Crippen molar-refractivity contribution in [2.24, 2.45) is 0 Å². The van der Waals surface area contributed by atoms with E-state index in [0.29, 0.717) is 16.9 Å². The minimum atomic E-state index is -1.71. The highest BCUT2D eigenvalue weighted by atomic mass is 16.5. The van der Waals surface area contributed by atoms with E-state index in [0.717, 1.165) is 7.05 Å². The van der Waals surface area contributed by atoms with E-state index in [1.807, 2.05) is 0 Å². The van der Waals surface area contributed by atoms with Crippen molar-refractivity contribution in [3.63, 3.8) is 0 Å². The Hall–Kier alpha value is -2.90. The van der Waals surface area contributed by atoms with Gasteiger partial charge in [0.1, 0.15) is 17.1 Å². The molecule has 0 spiro atoms. The number of amides is 1. The first-order valence-electron chi connectivity index (χ1n) is 7.90. The van der Waals surface area contributed by atoms with Crippen LogP contribution >= 0.6 is 0 Å². The van der Waals surface area contributed by atoms with Crippen LogP contribution in [0.25, 0.3) is 0 Å². The maximum atomic E-state index is 12.2. The fourth-order valence-electron chi connectivity index (χ4n) is 2.68. The SMILES string of the molecule is COc1cccc(CC(O)(CC(=O)C(=O)N(C)O)c2ccc(O)cc2)c1. The molecule has 0 bridgehead atoms. The molecular formula is C19H21NO6. The van der Waals surface area contributed by atoms with Crippen LogP contribution in [0.4, 0.5) is 0 Å². The number of aliphatic hydroxyl groups is 1. The van der Waals surface area contributed by atoms with E-state index in [1.165, 1.54) is 31.4 Å². The number of rotatable bonds is 7. The average Bonchev–Trinajstić information content (AvgIpc) is 2.61. The van der Waals surface area contributed by atoms with Crippen molar-refractivity contribution in [3.05, 3.63) is 59.7 Å². The number of ether oxygens (including phenoxy) is 1. The number of phenolic OH excluding ortho intramolecular Hbond substituents is 1. The molecular weight excluding hydrogens is 338 g/mol. The maximum Gasteiger partial charge on any atom is 0.313 e. The van der Waals surface area contributed by atoms with Gasteiger partial charge in [0.2, 0.25) is 5.78 Å². The highest BCUT2D eigenvalue weighted by molar-refractivity contribution is 6.35. The Morgan fingerprint density at radius 1 is 1.15 bits per heavy atom. The molecule has 138 valence electrons. The third-order valence-electron chi connectivity index (χ3n) is 4.02. The fourth-order valence-corrected chi connectivity index (χ4v) is 2.68. The molecule has 1 atom stereocenters. The van der Waals surface area contributed by atoms with Gasteiger partial charge in [-0.3, -0.25) is 14.8 Å². The van der Waals surface area contributed by atoms with Crippen LogP contribution in [0, 0.1) is 0 Å². The van der Waals surface area contributed by atoms with Crippen molar-refractivity contribution in [1.82, 2.24) is 5.06 Å². The van der Waals surface area contributed by atoms with Gasteiger partial charge in [0.05, 0.1) is 7.11 Å². The van der Waals surface area contributed by atoms with Crippen LogP contribution in [0.15, 0.2) is 48.5 Å². The lowest BCUT2D eigenvalue weighted by Crippen LogP contribution is -2.38. The van der Waals surface area contributed by atoms with Gasteiger partial charge in [0, 0.05) is 19.9 Å². The number of ketones is 1. The molecule has 1 unspecified atom stereocenters. The van der Waals surface area contributed by atoms with Crippen molar-refractivity contribution in [1.29, 1.82) is 0 Å². The fraction of sp³-hybridized carbons (Fsp3) is 0.263. The Kier molecular flexibility index (Phi) is 5.97. The standard InChI is InChI=1S/C19H21NO6/c1-20(25)18(23)17(22)12-19(24,14-6-8-15(21)9-7-14)11-13-4-3-5-16(10-13)26-2/h3-10,21,24-25H,11-12H2,1-2H3. The van der Waals surface area contributed by atoms with Crippen molar-refractivity contribution in [2.75, 3.05) is 14.2 Å². The average molecular weight is 359 g/mol. The topological polar surface area (TPSA) is 107 Å². The van der Waals surface area contributed by atoms with Gasteiger partial charge in [-0.2, -0.15) is 0 Å². The minimum Gasteiger partial charge on any atom is -0.508 e. The normalized spacial score (nSPS) is 12.9. The lowest BCUT2D eigenvalue weighted by atomic mass is 9.83. The van der Waals surface area contributed by atoms with Crippen LogP contribution in [0.2, 0.25) is 0 Å². The molecule has 2 aromatic carbocycles. The van der Waals surface area contributed by atoms with Crippen LogP contribution in [0.3, 0.4) is 0 Å². The van der Waals surface area contributed by atoms with Gasteiger partial charge in [-0.1, -0.05) is 24.3 Å². The molecule has 0 saturated carbocycles. The van der Waals surface area contributed by atoms with Gasteiger partial charge >= 0.3 is 5.91 Å². The molecule has 26 heavy (non-hydrogen) atoms. The Morgan fingerprint density at radius 3 is 2.38 bits per heavy atom. The summed E-state index contributed by atoms with van der Waals surface area (Å²) in [5, 5.41) is 30.0. The summed E-state index contributed by atoms with van der Waals surface area (Å²) in [6.45, 7) is 0. The number of carbonyl (C=O) groups excluding carboxylic acids is 2. The number of hydroxylamine groups is 2. The highest BCUT2D eigenvalue weighted by Crippen LogP contribution is 2.32. The molecule has 7 nitrogen and oxygen atoms in total. The minimum absolute atomic E-state index is 0.00924. The number of nitrogens with zero attached hydrogens (tertiary/aromatic N) is 1. The summed E-state index contributed by atoms with van der Waals surface area (Å²) in [6, 6.07) is 12.7. The largest absolute Gasteiger partial charge is 0.508 e. The second kappa shape index (κ2) is 7.99. The molecule has 0 saturated heterocycles. The summed E-state index contributed by atoms with van der Waals surface area (Å²) in [4.78, 5) is 23.9. The van der Waals surface area contributed by atoms with E-state index >= 15 is 0 Å². The molecule has 3 N–H and O–H groups in total. The number of hydrogen-bond acceptors (Lipinski definition) is 6. The third kappa shape index (κ3) is 4.59. The number of carbonyl (C=O) groups is 2. The molecule has 0 aromatic heterocycles. The third-order valence-corrected chi connectivity index (χ3v) is 4.02. The summed E-state index contributed by atoms with van der Waals surface area (Å²) in [5.74, 6) is -1.45. The molecule has 2 aromatic rings. The molecule has 2 rings (SSSR count). The van der Waals surface area contributed by atoms with Crippen LogP contribution in [0.1, 0.15) is 17.5 Å². The monoisotopic (exact) mass is 359 g/mol. The predicted molar refractivity (Wildman–Crippen MR) is 92.9 cm³/mol. The summed E-state index contributed by atoms with van der Waals surface area (Å²) >= 11 is 0. The Balaban J connectivity index is 2.38. The van der Waals surface area contributed by atoms with Gasteiger partial charge < -0.3 is 14.9 Å². The second-order valence-corrected chi connectivity index (χ2v) is 6.04. The molecule has 0 aliphatic carbocycles. The molecule has 0 fully saturated rings. The summed E-state index contributed by atoms with van der Waals surface area (Å²) in [7, 11) is 2.56. The van der Waals surface area contributed by atoms with Crippen molar-refractivity contribution >= 4 is 11.7 Å². The number of likely N-dealkylation sites (N-methyl/N-ethyl adjacent to an activating group) is 1. The van der Waals surface area contributed by atoms with Crippen LogP contribution in [0.5, 0.6) is 11.5 Å². The van der Waals surface area contributed by atoms with Gasteiger partial charge in [-0.15, -0.1) is 0 Å². The van der Waals surface area contributed by atoms with Crippen LogP contribution in [-0.2, 0) is 21.6 Å². The molecule has 0 aliphatic heterocycles. The molecule has 1 amide bonds. The van der Waals surface area contributed by atoms with E-state index in [2.05, 4.69) is 0 Å². The lowest BCUT2D eigenvalue weighted by Gasteiger charge is -2.28. The second-order valence-electron chi connectivity index (χ2n) is 6.04. The molecule has 7 heteroatoms. The van der Waals surface area contributed by atoms with Crippen LogP contribution < -0.4 is 4.74 Å². The highest BCUT2D eigenvalue weighted by Gasteiger charge is 2.35. The van der Waals surface area contributed by atoms with Gasteiger partial charge in [-0.25, -0.2) is 5.06 Å². The molecule has 0 heterocycles. The zero-order valence-corrected chi connectivity index (χ0v) is 14.5. The predicted octanol–water partition coefficient (Wildman–Crippen LogP) is 1.64. The van der Waals surface area contributed by atoms with Crippen LogP contribution in [-0.4, -0.2) is 46.3 Å². The van der Waals surface area contributed by atoms with Crippen molar-refractivity contribution in [2.45, 2.75) is 18.4 Å².